The number of hydrogen-bond acceptors (Lipinski definition) is 6. The van der Waals surface area contributed by atoms with E-state index in [4.69, 9.17) is 11.5 Å². The van der Waals surface area contributed by atoms with E-state index in [1.54, 1.807) is 12.1 Å². The molecule has 0 unspecified atom stereocenters. The highest BCUT2D eigenvalue weighted by Crippen LogP contribution is 2.24. The van der Waals surface area contributed by atoms with Gasteiger partial charge in [-0.05, 0) is 24.3 Å². The molecule has 0 spiro atoms. The van der Waals surface area contributed by atoms with Crippen LogP contribution in [-0.2, 0) is 0 Å². The largest absolute Gasteiger partial charge is 0.505 e. The predicted molar refractivity (Wildman–Crippen MR) is 89.7 cm³/mol. The van der Waals surface area contributed by atoms with Crippen LogP contribution in [0.15, 0.2) is 36.4 Å². The first-order valence-corrected chi connectivity index (χ1v) is 7.13. The Morgan fingerprint density at radius 2 is 1.17 bits per heavy atom. The van der Waals surface area contributed by atoms with Crippen LogP contribution in [0.5, 0.6) is 11.5 Å². The van der Waals surface area contributed by atoms with Crippen LogP contribution in [0.3, 0.4) is 0 Å². The number of nitrogen functional groups attached to an aromatic ring is 2. The quantitative estimate of drug-likeness (QED) is 0.266. The number of rotatable bonds is 5. The highest BCUT2D eigenvalue weighted by Gasteiger charge is 2.14. The van der Waals surface area contributed by atoms with Gasteiger partial charge >= 0.3 is 0 Å². The number of carbonyl (C=O) groups is 2. The van der Waals surface area contributed by atoms with Crippen molar-refractivity contribution in [1.82, 2.24) is 10.6 Å². The average molecular weight is 330 g/mol. The van der Waals surface area contributed by atoms with Crippen LogP contribution in [-0.4, -0.2) is 35.1 Å². The summed E-state index contributed by atoms with van der Waals surface area (Å²) in [5, 5.41) is 24.5. The third-order valence-electron chi connectivity index (χ3n) is 3.32. The fourth-order valence-electron chi connectivity index (χ4n) is 2.03. The van der Waals surface area contributed by atoms with E-state index < -0.39 is 11.8 Å². The molecule has 8 N–H and O–H groups in total. The molecule has 2 aromatic carbocycles. The van der Waals surface area contributed by atoms with Gasteiger partial charge in [-0.2, -0.15) is 0 Å². The van der Waals surface area contributed by atoms with Gasteiger partial charge in [-0.1, -0.05) is 12.1 Å². The van der Waals surface area contributed by atoms with E-state index in [2.05, 4.69) is 10.6 Å². The lowest BCUT2D eigenvalue weighted by molar-refractivity contribution is 0.0924. The molecule has 24 heavy (non-hydrogen) atoms. The Kier molecular flexibility index (Phi) is 5.10. The summed E-state index contributed by atoms with van der Waals surface area (Å²) in [6.45, 7) is 0.254. The van der Waals surface area contributed by atoms with Crippen LogP contribution in [0.1, 0.15) is 20.7 Å². The summed E-state index contributed by atoms with van der Waals surface area (Å²) in [6.07, 6.45) is 0. The summed E-state index contributed by atoms with van der Waals surface area (Å²) < 4.78 is 0. The third kappa shape index (κ3) is 3.67. The lowest BCUT2D eigenvalue weighted by atomic mass is 10.1. The van der Waals surface area contributed by atoms with Gasteiger partial charge in [-0.3, -0.25) is 9.59 Å². The number of para-hydroxylation sites is 2. The van der Waals surface area contributed by atoms with Gasteiger partial charge in [0.25, 0.3) is 11.8 Å². The van der Waals surface area contributed by atoms with E-state index in [0.717, 1.165) is 0 Å². The molecule has 0 aliphatic rings. The maximum absolute atomic E-state index is 11.9. The van der Waals surface area contributed by atoms with Gasteiger partial charge in [-0.25, -0.2) is 0 Å². The Balaban J connectivity index is 1.86. The molecule has 126 valence electrons. The second-order valence-corrected chi connectivity index (χ2v) is 5.00. The average Bonchev–Trinajstić information content (AvgIpc) is 2.56. The molecule has 2 aromatic rings. The minimum Gasteiger partial charge on any atom is -0.505 e. The molecular weight excluding hydrogens is 312 g/mol. The van der Waals surface area contributed by atoms with Crippen LogP contribution in [0.25, 0.3) is 0 Å². The smallest absolute Gasteiger partial charge is 0.255 e. The molecule has 0 aliphatic carbocycles. The monoisotopic (exact) mass is 330 g/mol. The van der Waals surface area contributed by atoms with Crippen molar-refractivity contribution in [1.29, 1.82) is 0 Å². The van der Waals surface area contributed by atoms with Gasteiger partial charge in [0.15, 0.2) is 11.5 Å². The van der Waals surface area contributed by atoms with Crippen LogP contribution in [0.4, 0.5) is 11.4 Å². The minimum absolute atomic E-state index is 0.0507. The summed E-state index contributed by atoms with van der Waals surface area (Å²) in [4.78, 5) is 23.9. The summed E-state index contributed by atoms with van der Waals surface area (Å²) in [5.74, 6) is -1.60. The maximum atomic E-state index is 11.9. The topological polar surface area (TPSA) is 151 Å². The number of nitrogens with two attached hydrogens (primary N) is 2. The number of benzene rings is 2. The number of anilines is 2. The summed E-state index contributed by atoms with van der Waals surface area (Å²) in [6, 6.07) is 8.92. The van der Waals surface area contributed by atoms with Crippen molar-refractivity contribution in [3.63, 3.8) is 0 Å². The van der Waals surface area contributed by atoms with Crippen molar-refractivity contribution >= 4 is 23.2 Å². The number of carbonyl (C=O) groups excluding carboxylic acids is 2. The van der Waals surface area contributed by atoms with E-state index in [9.17, 15) is 19.8 Å². The highest BCUT2D eigenvalue weighted by atomic mass is 16.3. The zero-order valence-corrected chi connectivity index (χ0v) is 12.7. The molecule has 0 saturated carbocycles. The number of amides is 2. The second-order valence-electron chi connectivity index (χ2n) is 5.00. The first-order chi connectivity index (χ1) is 11.4. The Morgan fingerprint density at radius 1 is 0.792 bits per heavy atom. The Morgan fingerprint density at radius 3 is 1.54 bits per heavy atom. The third-order valence-corrected chi connectivity index (χ3v) is 3.32. The normalized spacial score (nSPS) is 10.2. The lowest BCUT2D eigenvalue weighted by Gasteiger charge is -2.10. The molecule has 0 aliphatic heterocycles. The van der Waals surface area contributed by atoms with Crippen LogP contribution < -0.4 is 22.1 Å². The van der Waals surface area contributed by atoms with Gasteiger partial charge in [0.2, 0.25) is 0 Å². The molecule has 0 fully saturated rings. The molecule has 8 nitrogen and oxygen atoms in total. The molecule has 0 aromatic heterocycles. The fraction of sp³-hybridized carbons (Fsp3) is 0.125. The molecule has 0 radical (unpaired) electrons. The van der Waals surface area contributed by atoms with Gasteiger partial charge in [-0.15, -0.1) is 0 Å². The van der Waals surface area contributed by atoms with E-state index in [-0.39, 0.29) is 47.1 Å². The minimum atomic E-state index is -0.513. The van der Waals surface area contributed by atoms with E-state index in [1.807, 2.05) is 0 Å². The van der Waals surface area contributed by atoms with Gasteiger partial charge in [0.1, 0.15) is 0 Å². The molecule has 0 bridgehead atoms. The fourth-order valence-corrected chi connectivity index (χ4v) is 2.03. The lowest BCUT2D eigenvalue weighted by Crippen LogP contribution is -2.34. The summed E-state index contributed by atoms with van der Waals surface area (Å²) >= 11 is 0. The SMILES string of the molecule is Nc1cccc(C(=O)NCCNC(=O)c2cccc(N)c2O)c1O. The van der Waals surface area contributed by atoms with E-state index in [1.165, 1.54) is 24.3 Å². The molecule has 8 heteroatoms. The van der Waals surface area contributed by atoms with Gasteiger partial charge in [0, 0.05) is 13.1 Å². The number of phenolic OH excluding ortho intramolecular Hbond substituents is 2. The van der Waals surface area contributed by atoms with Crippen molar-refractivity contribution < 1.29 is 19.8 Å². The molecule has 2 amide bonds. The zero-order valence-electron chi connectivity index (χ0n) is 12.7. The van der Waals surface area contributed by atoms with Crippen molar-refractivity contribution in [3.05, 3.63) is 47.5 Å². The number of aromatic hydroxyl groups is 2. The van der Waals surface area contributed by atoms with Crippen LogP contribution in [0.2, 0.25) is 0 Å². The Labute approximate surface area is 138 Å². The summed E-state index contributed by atoms with van der Waals surface area (Å²) in [7, 11) is 0. The van der Waals surface area contributed by atoms with Crippen molar-refractivity contribution in [2.45, 2.75) is 0 Å². The maximum Gasteiger partial charge on any atom is 0.255 e. The number of phenols is 2. The van der Waals surface area contributed by atoms with E-state index >= 15 is 0 Å². The van der Waals surface area contributed by atoms with Crippen LogP contribution in [0, 0.1) is 0 Å². The predicted octanol–water partition coefficient (Wildman–Crippen LogP) is 0.422. The molecule has 0 heterocycles. The number of hydrogen-bond donors (Lipinski definition) is 6. The molecule has 0 atom stereocenters. The van der Waals surface area contributed by atoms with Crippen molar-refractivity contribution in [2.24, 2.45) is 0 Å². The van der Waals surface area contributed by atoms with Crippen LogP contribution >= 0.6 is 0 Å². The van der Waals surface area contributed by atoms with Gasteiger partial charge in [0.05, 0.1) is 22.5 Å². The first-order valence-electron chi connectivity index (χ1n) is 7.13. The Hall–Kier alpha value is -3.42. The molecule has 2 rings (SSSR count). The second kappa shape index (κ2) is 7.23. The first kappa shape index (κ1) is 16.9. The number of nitrogens with one attached hydrogen (secondary N) is 2. The highest BCUT2D eigenvalue weighted by molar-refractivity contribution is 5.99. The van der Waals surface area contributed by atoms with Gasteiger partial charge < -0.3 is 32.3 Å². The standard InChI is InChI=1S/C16H18N4O4/c17-11-5-1-3-9(13(11)21)15(23)19-7-8-20-16(24)10-4-2-6-12(18)14(10)22/h1-6,21-22H,7-8,17-18H2,(H,19,23)(H,20,24). The van der Waals surface area contributed by atoms with Crippen molar-refractivity contribution in [2.75, 3.05) is 24.6 Å². The zero-order chi connectivity index (χ0) is 17.7. The summed E-state index contributed by atoms with van der Waals surface area (Å²) in [5.41, 5.74) is 11.4. The van der Waals surface area contributed by atoms with Crippen molar-refractivity contribution in [3.8, 4) is 11.5 Å². The molecule has 0 saturated heterocycles. The van der Waals surface area contributed by atoms with E-state index in [0.29, 0.717) is 0 Å². The molecular formula is C16H18N4O4. The Bertz CT molecular complexity index is 711.